The molecule has 0 saturated heterocycles. The van der Waals surface area contributed by atoms with Gasteiger partial charge in [0.2, 0.25) is 0 Å². The summed E-state index contributed by atoms with van der Waals surface area (Å²) in [6.07, 6.45) is 0. The van der Waals surface area contributed by atoms with Gasteiger partial charge in [-0.1, -0.05) is 59.8 Å². The summed E-state index contributed by atoms with van der Waals surface area (Å²) in [6.45, 7) is 0. The minimum Gasteiger partial charge on any atom is -0.207 e. The van der Waals surface area contributed by atoms with Crippen molar-refractivity contribution < 1.29 is 4.39 Å². The summed E-state index contributed by atoms with van der Waals surface area (Å²) in [4.78, 5) is 0. The van der Waals surface area contributed by atoms with Crippen LogP contribution in [0.3, 0.4) is 0 Å². The van der Waals surface area contributed by atoms with Crippen molar-refractivity contribution in [2.45, 2.75) is 10.8 Å². The third-order valence-corrected chi connectivity index (χ3v) is 5.00. The van der Waals surface area contributed by atoms with Crippen molar-refractivity contribution >= 4 is 29.0 Å². The number of hydrogen-bond acceptors (Lipinski definition) is 4. The van der Waals surface area contributed by atoms with E-state index in [4.69, 9.17) is 11.6 Å². The fourth-order valence-corrected chi connectivity index (χ4v) is 3.63. The van der Waals surface area contributed by atoms with Gasteiger partial charge in [-0.2, -0.15) is 9.61 Å². The van der Waals surface area contributed by atoms with Crippen LogP contribution in [-0.4, -0.2) is 19.8 Å². The van der Waals surface area contributed by atoms with Crippen LogP contribution in [0.5, 0.6) is 0 Å². The summed E-state index contributed by atoms with van der Waals surface area (Å²) in [7, 11) is 0. The molecule has 2 aromatic carbocycles. The van der Waals surface area contributed by atoms with Crippen LogP contribution < -0.4 is 0 Å². The molecular formula is C18H12ClFN4S. The lowest BCUT2D eigenvalue weighted by Gasteiger charge is -2.06. The maximum atomic E-state index is 13.9. The quantitative estimate of drug-likeness (QED) is 0.480. The van der Waals surface area contributed by atoms with E-state index < -0.39 is 0 Å². The van der Waals surface area contributed by atoms with Crippen LogP contribution in [0.2, 0.25) is 5.02 Å². The van der Waals surface area contributed by atoms with Gasteiger partial charge in [-0.3, -0.25) is 0 Å². The van der Waals surface area contributed by atoms with Gasteiger partial charge < -0.3 is 0 Å². The minimum atomic E-state index is -0.310. The molecule has 4 nitrogen and oxygen atoms in total. The second kappa shape index (κ2) is 6.82. The number of benzene rings is 2. The lowest BCUT2D eigenvalue weighted by molar-refractivity contribution is 0.617. The van der Waals surface area contributed by atoms with E-state index in [0.717, 1.165) is 10.6 Å². The minimum absolute atomic E-state index is 0.310. The summed E-state index contributed by atoms with van der Waals surface area (Å²) in [5.74, 6) is 0.754. The number of thioether (sulfide) groups is 1. The highest BCUT2D eigenvalue weighted by atomic mass is 35.5. The van der Waals surface area contributed by atoms with Crippen LogP contribution in [0.1, 0.15) is 5.56 Å². The molecule has 4 rings (SSSR count). The van der Waals surface area contributed by atoms with E-state index in [-0.39, 0.29) is 5.82 Å². The average molecular weight is 371 g/mol. The van der Waals surface area contributed by atoms with Gasteiger partial charge in [-0.05, 0) is 24.3 Å². The number of aromatic nitrogens is 4. The Morgan fingerprint density at radius 2 is 1.80 bits per heavy atom. The van der Waals surface area contributed by atoms with Crippen molar-refractivity contribution in [1.82, 2.24) is 19.8 Å². The van der Waals surface area contributed by atoms with Gasteiger partial charge in [0.1, 0.15) is 10.8 Å². The topological polar surface area (TPSA) is 43.1 Å². The Kier molecular flexibility index (Phi) is 4.38. The van der Waals surface area contributed by atoms with Gasteiger partial charge in [-0.15, -0.1) is 10.2 Å². The maximum Gasteiger partial charge on any atom is 0.185 e. The maximum absolute atomic E-state index is 13.9. The molecule has 124 valence electrons. The molecule has 0 fully saturated rings. The van der Waals surface area contributed by atoms with E-state index in [0.29, 0.717) is 27.8 Å². The van der Waals surface area contributed by atoms with Crippen molar-refractivity contribution in [3.8, 4) is 11.4 Å². The number of fused-ring (bicyclic) bond motifs is 1. The van der Waals surface area contributed by atoms with E-state index >= 15 is 0 Å². The third kappa shape index (κ3) is 3.23. The molecule has 0 radical (unpaired) electrons. The van der Waals surface area contributed by atoms with Crippen molar-refractivity contribution in [1.29, 1.82) is 0 Å². The van der Waals surface area contributed by atoms with Gasteiger partial charge in [0, 0.05) is 21.9 Å². The van der Waals surface area contributed by atoms with Crippen molar-refractivity contribution in [2.75, 3.05) is 0 Å². The van der Waals surface area contributed by atoms with Crippen LogP contribution in [0.25, 0.3) is 17.0 Å². The first-order valence-electron chi connectivity index (χ1n) is 7.56. The molecule has 0 spiro atoms. The Morgan fingerprint density at radius 3 is 2.60 bits per heavy atom. The number of halogens is 2. The first-order chi connectivity index (χ1) is 12.2. The Bertz CT molecular complexity index is 1020. The van der Waals surface area contributed by atoms with Gasteiger partial charge in [0.15, 0.2) is 11.5 Å². The van der Waals surface area contributed by atoms with E-state index in [9.17, 15) is 4.39 Å². The Balaban J connectivity index is 1.65. The molecule has 0 amide bonds. The molecule has 7 heteroatoms. The zero-order valence-electron chi connectivity index (χ0n) is 12.9. The smallest absolute Gasteiger partial charge is 0.185 e. The lowest BCUT2D eigenvalue weighted by Crippen LogP contribution is -1.97. The second-order valence-corrected chi connectivity index (χ2v) is 6.72. The summed E-state index contributed by atoms with van der Waals surface area (Å²) < 4.78 is 15.6. The van der Waals surface area contributed by atoms with Gasteiger partial charge in [-0.25, -0.2) is 4.39 Å². The molecule has 0 N–H and O–H groups in total. The fraction of sp³-hybridized carbons (Fsp3) is 0.0556. The highest BCUT2D eigenvalue weighted by molar-refractivity contribution is 7.98. The number of hydrogen-bond donors (Lipinski definition) is 0. The van der Waals surface area contributed by atoms with Crippen LogP contribution in [0, 0.1) is 5.82 Å². The largest absolute Gasteiger partial charge is 0.207 e. The summed E-state index contributed by atoms with van der Waals surface area (Å²) in [5.41, 5.74) is 2.07. The Hall–Kier alpha value is -2.44. The highest BCUT2D eigenvalue weighted by Crippen LogP contribution is 2.28. The van der Waals surface area contributed by atoms with Gasteiger partial charge >= 0.3 is 0 Å². The predicted octanol–water partition coefficient (Wildman–Crippen LogP) is 4.88. The van der Waals surface area contributed by atoms with E-state index in [2.05, 4.69) is 15.3 Å². The number of rotatable bonds is 4. The summed E-state index contributed by atoms with van der Waals surface area (Å²) in [6, 6.07) is 18.1. The molecule has 2 heterocycles. The molecule has 0 atom stereocenters. The average Bonchev–Trinajstić information content (AvgIpc) is 3.05. The third-order valence-electron chi connectivity index (χ3n) is 3.70. The Labute approximate surface area is 152 Å². The van der Waals surface area contributed by atoms with Crippen molar-refractivity contribution in [3.63, 3.8) is 0 Å². The summed E-state index contributed by atoms with van der Waals surface area (Å²) >= 11 is 7.49. The van der Waals surface area contributed by atoms with Gasteiger partial charge in [0.25, 0.3) is 0 Å². The van der Waals surface area contributed by atoms with Crippen LogP contribution >= 0.6 is 23.4 Å². The molecule has 0 bridgehead atoms. The van der Waals surface area contributed by atoms with Crippen LogP contribution in [0.15, 0.2) is 65.7 Å². The van der Waals surface area contributed by atoms with Crippen LogP contribution in [-0.2, 0) is 5.75 Å². The first-order valence-corrected chi connectivity index (χ1v) is 8.92. The molecular weight excluding hydrogens is 359 g/mol. The van der Waals surface area contributed by atoms with E-state index in [1.54, 1.807) is 16.6 Å². The number of nitrogens with zero attached hydrogens (tertiary/aromatic N) is 4. The van der Waals surface area contributed by atoms with E-state index in [1.807, 2.05) is 42.5 Å². The SMILES string of the molecule is Fc1cccc(Cl)c1CSc1ccc2nnc(-c3ccccc3)n2n1. The fourth-order valence-electron chi connectivity index (χ4n) is 2.43. The van der Waals surface area contributed by atoms with Gasteiger partial charge in [0.05, 0.1) is 0 Å². The standard InChI is InChI=1S/C18H12ClFN4S/c19-14-7-4-8-15(20)13(14)11-25-17-10-9-16-21-22-18(24(16)23-17)12-5-2-1-3-6-12/h1-10H,11H2. The first kappa shape index (κ1) is 16.1. The molecule has 0 saturated carbocycles. The predicted molar refractivity (Wildman–Crippen MR) is 97.2 cm³/mol. The molecule has 25 heavy (non-hydrogen) atoms. The zero-order valence-corrected chi connectivity index (χ0v) is 14.5. The van der Waals surface area contributed by atoms with Crippen LogP contribution in [0.4, 0.5) is 4.39 Å². The van der Waals surface area contributed by atoms with E-state index in [1.165, 1.54) is 17.8 Å². The monoisotopic (exact) mass is 370 g/mol. The Morgan fingerprint density at radius 1 is 0.960 bits per heavy atom. The zero-order chi connectivity index (χ0) is 17.2. The normalized spacial score (nSPS) is 11.1. The molecule has 0 aliphatic carbocycles. The molecule has 2 aromatic heterocycles. The second-order valence-electron chi connectivity index (χ2n) is 5.32. The molecule has 0 aliphatic rings. The lowest BCUT2D eigenvalue weighted by atomic mass is 10.2. The molecule has 0 aliphatic heterocycles. The van der Waals surface area contributed by atoms with Crippen molar-refractivity contribution in [2.24, 2.45) is 0 Å². The van der Waals surface area contributed by atoms with Crippen molar-refractivity contribution in [3.05, 3.63) is 77.1 Å². The summed E-state index contributed by atoms with van der Waals surface area (Å²) in [5, 5.41) is 14.1. The molecule has 4 aromatic rings. The molecule has 0 unspecified atom stereocenters. The highest BCUT2D eigenvalue weighted by Gasteiger charge is 2.11.